The summed E-state index contributed by atoms with van der Waals surface area (Å²) in [6.45, 7) is 2.05. The summed E-state index contributed by atoms with van der Waals surface area (Å²) in [6, 6.07) is 7.89. The minimum atomic E-state index is -0.246. The molecule has 2 aromatic heterocycles. The van der Waals surface area contributed by atoms with E-state index >= 15 is 0 Å². The molecule has 3 unspecified atom stereocenters. The fraction of sp³-hybridized carbons (Fsp3) is 0.421. The highest BCUT2D eigenvalue weighted by Crippen LogP contribution is 2.40. The number of nitrogens with one attached hydrogen (secondary N) is 3. The topological polar surface area (TPSA) is 78.9 Å². The first-order valence-electron chi connectivity index (χ1n) is 8.84. The molecule has 0 radical (unpaired) electrons. The summed E-state index contributed by atoms with van der Waals surface area (Å²) in [5.41, 5.74) is 9.62. The normalized spacial score (nSPS) is 24.0. The van der Waals surface area contributed by atoms with Gasteiger partial charge in [-0.05, 0) is 67.5 Å². The van der Waals surface area contributed by atoms with E-state index in [1.54, 1.807) is 12.4 Å². The summed E-state index contributed by atoms with van der Waals surface area (Å²) in [4.78, 5) is 21.3. The Morgan fingerprint density at radius 1 is 1.20 bits per heavy atom. The fourth-order valence-electron chi connectivity index (χ4n) is 3.39. The lowest BCUT2D eigenvalue weighted by Crippen LogP contribution is -2.45. The van der Waals surface area contributed by atoms with Gasteiger partial charge in [-0.25, -0.2) is 10.9 Å². The molecule has 25 heavy (non-hydrogen) atoms. The summed E-state index contributed by atoms with van der Waals surface area (Å²) < 4.78 is 0. The minimum Gasteiger partial charge on any atom is -0.346 e. The van der Waals surface area contributed by atoms with Gasteiger partial charge in [0.15, 0.2) is 0 Å². The number of pyridine rings is 2. The van der Waals surface area contributed by atoms with Gasteiger partial charge in [-0.15, -0.1) is 0 Å². The van der Waals surface area contributed by atoms with Crippen molar-refractivity contribution in [3.63, 3.8) is 0 Å². The third-order valence-corrected chi connectivity index (χ3v) is 4.97. The van der Waals surface area contributed by atoms with E-state index in [1.165, 1.54) is 5.56 Å². The number of hydrazine groups is 1. The Bertz CT molecular complexity index is 746. The molecule has 3 N–H and O–H groups in total. The molecule has 0 spiro atoms. The summed E-state index contributed by atoms with van der Waals surface area (Å²) in [6.07, 6.45) is 8.39. The highest BCUT2D eigenvalue weighted by molar-refractivity contribution is 5.82. The van der Waals surface area contributed by atoms with Crippen LogP contribution in [0.5, 0.6) is 0 Å². The van der Waals surface area contributed by atoms with Gasteiger partial charge in [-0.2, -0.15) is 0 Å². The second-order valence-electron chi connectivity index (χ2n) is 6.99. The lowest BCUT2D eigenvalue weighted by Gasteiger charge is -2.20. The van der Waals surface area contributed by atoms with E-state index in [4.69, 9.17) is 0 Å². The average molecular weight is 337 g/mol. The molecule has 0 aromatic carbocycles. The van der Waals surface area contributed by atoms with Crippen molar-refractivity contribution in [3.8, 4) is 0 Å². The van der Waals surface area contributed by atoms with Crippen LogP contribution in [0.25, 0.3) is 0 Å². The zero-order valence-corrected chi connectivity index (χ0v) is 14.3. The van der Waals surface area contributed by atoms with Crippen molar-refractivity contribution in [1.29, 1.82) is 0 Å². The van der Waals surface area contributed by atoms with Crippen LogP contribution < -0.4 is 16.2 Å². The van der Waals surface area contributed by atoms with Gasteiger partial charge in [0, 0.05) is 24.6 Å². The first-order valence-corrected chi connectivity index (χ1v) is 8.84. The highest BCUT2D eigenvalue weighted by Gasteiger charge is 2.37. The standard InChI is InChI=1S/C19H23N5O/c1-12-4-9-21-16(10-12)18(14-2-3-14)22-19(25)17-11-15(23-24-17)13-5-7-20-8-6-13/h4-10,14-15,17-18,23-24H,2-3,11H2,1H3,(H,22,25). The molecule has 1 aliphatic carbocycles. The molecule has 1 aliphatic heterocycles. The first-order chi connectivity index (χ1) is 12.2. The number of hydrogen-bond acceptors (Lipinski definition) is 5. The summed E-state index contributed by atoms with van der Waals surface area (Å²) in [7, 11) is 0. The first kappa shape index (κ1) is 16.2. The van der Waals surface area contributed by atoms with Gasteiger partial charge in [0.1, 0.15) is 6.04 Å². The molecule has 1 saturated heterocycles. The molecule has 2 aromatic rings. The Labute approximate surface area is 147 Å². The molecule has 1 saturated carbocycles. The third kappa shape index (κ3) is 3.70. The number of carbonyl (C=O) groups is 1. The van der Waals surface area contributed by atoms with Crippen LogP contribution in [-0.2, 0) is 4.79 Å². The van der Waals surface area contributed by atoms with Crippen molar-refractivity contribution < 1.29 is 4.79 Å². The lowest BCUT2D eigenvalue weighted by atomic mass is 10.0. The Hall–Kier alpha value is -2.31. The van der Waals surface area contributed by atoms with Crippen LogP contribution in [0.2, 0.25) is 0 Å². The summed E-state index contributed by atoms with van der Waals surface area (Å²) in [5.74, 6) is 0.535. The molecule has 130 valence electrons. The number of carbonyl (C=O) groups excluding carboxylic acids is 1. The van der Waals surface area contributed by atoms with Crippen LogP contribution in [0.3, 0.4) is 0 Å². The molecular weight excluding hydrogens is 314 g/mol. The maximum absolute atomic E-state index is 12.8. The predicted molar refractivity (Wildman–Crippen MR) is 94.2 cm³/mol. The number of aryl methyl sites for hydroxylation is 1. The molecule has 0 bridgehead atoms. The molecule has 6 heteroatoms. The van der Waals surface area contributed by atoms with Gasteiger partial charge in [0.2, 0.25) is 5.91 Å². The molecule has 3 heterocycles. The zero-order chi connectivity index (χ0) is 17.2. The SMILES string of the molecule is Cc1ccnc(C(NC(=O)C2CC(c3ccncc3)NN2)C2CC2)c1. The summed E-state index contributed by atoms with van der Waals surface area (Å²) >= 11 is 0. The predicted octanol–water partition coefficient (Wildman–Crippen LogP) is 1.96. The van der Waals surface area contributed by atoms with Crippen LogP contribution in [0.15, 0.2) is 42.9 Å². The van der Waals surface area contributed by atoms with Crippen molar-refractivity contribution in [2.75, 3.05) is 0 Å². The molecule has 2 aliphatic rings. The lowest BCUT2D eigenvalue weighted by molar-refractivity contribution is -0.123. The van der Waals surface area contributed by atoms with Crippen molar-refractivity contribution in [2.45, 2.75) is 44.3 Å². The van der Waals surface area contributed by atoms with Crippen LogP contribution >= 0.6 is 0 Å². The Morgan fingerprint density at radius 3 is 2.72 bits per heavy atom. The Balaban J connectivity index is 1.42. The maximum atomic E-state index is 12.8. The van der Waals surface area contributed by atoms with Crippen molar-refractivity contribution in [1.82, 2.24) is 26.1 Å². The Kier molecular flexibility index (Phi) is 4.46. The number of aromatic nitrogens is 2. The second-order valence-corrected chi connectivity index (χ2v) is 6.99. The number of amides is 1. The molecular formula is C19H23N5O. The van der Waals surface area contributed by atoms with E-state index in [1.807, 2.05) is 24.4 Å². The minimum absolute atomic E-state index is 0.00850. The monoisotopic (exact) mass is 337 g/mol. The fourth-order valence-corrected chi connectivity index (χ4v) is 3.39. The average Bonchev–Trinajstić information content (AvgIpc) is 3.35. The van der Waals surface area contributed by atoms with Crippen molar-refractivity contribution >= 4 is 5.91 Å². The smallest absolute Gasteiger partial charge is 0.239 e. The number of nitrogens with zero attached hydrogens (tertiary/aromatic N) is 2. The molecule has 2 fully saturated rings. The van der Waals surface area contributed by atoms with E-state index in [0.717, 1.165) is 24.1 Å². The van der Waals surface area contributed by atoms with Crippen LogP contribution in [0, 0.1) is 12.8 Å². The van der Waals surface area contributed by atoms with Gasteiger partial charge in [-0.3, -0.25) is 14.8 Å². The largest absolute Gasteiger partial charge is 0.346 e. The van der Waals surface area contributed by atoms with E-state index in [2.05, 4.69) is 39.1 Å². The van der Waals surface area contributed by atoms with Crippen molar-refractivity contribution in [2.24, 2.45) is 5.92 Å². The van der Waals surface area contributed by atoms with E-state index in [9.17, 15) is 4.79 Å². The van der Waals surface area contributed by atoms with Gasteiger partial charge in [-0.1, -0.05) is 0 Å². The van der Waals surface area contributed by atoms with E-state index in [0.29, 0.717) is 12.3 Å². The van der Waals surface area contributed by atoms with Crippen LogP contribution in [0.1, 0.15) is 48.2 Å². The van der Waals surface area contributed by atoms with Crippen LogP contribution in [0.4, 0.5) is 0 Å². The molecule has 3 atom stereocenters. The second kappa shape index (κ2) is 6.90. The maximum Gasteiger partial charge on any atom is 0.239 e. The van der Waals surface area contributed by atoms with Gasteiger partial charge in [0.25, 0.3) is 0 Å². The summed E-state index contributed by atoms with van der Waals surface area (Å²) in [5, 5.41) is 3.22. The quantitative estimate of drug-likeness (QED) is 0.777. The molecule has 4 rings (SSSR count). The van der Waals surface area contributed by atoms with Gasteiger partial charge < -0.3 is 5.32 Å². The Morgan fingerprint density at radius 2 is 2.00 bits per heavy atom. The molecule has 6 nitrogen and oxygen atoms in total. The van der Waals surface area contributed by atoms with Crippen LogP contribution in [-0.4, -0.2) is 21.9 Å². The number of rotatable bonds is 5. The van der Waals surface area contributed by atoms with E-state index < -0.39 is 0 Å². The zero-order valence-electron chi connectivity index (χ0n) is 14.3. The number of hydrogen-bond donors (Lipinski definition) is 3. The van der Waals surface area contributed by atoms with Gasteiger partial charge >= 0.3 is 0 Å². The highest BCUT2D eigenvalue weighted by atomic mass is 16.2. The van der Waals surface area contributed by atoms with E-state index in [-0.39, 0.29) is 24.0 Å². The van der Waals surface area contributed by atoms with Gasteiger partial charge in [0.05, 0.1) is 11.7 Å². The third-order valence-electron chi connectivity index (χ3n) is 4.97. The molecule has 1 amide bonds. The van der Waals surface area contributed by atoms with Crippen molar-refractivity contribution in [3.05, 3.63) is 59.7 Å².